The molecule has 0 saturated heterocycles. The van der Waals surface area contributed by atoms with E-state index in [9.17, 15) is 0 Å². The first kappa shape index (κ1) is 36.1. The number of rotatable bonds is 5. The lowest BCUT2D eigenvalue weighted by Crippen LogP contribution is -1.89. The number of fused-ring (bicyclic) bond motifs is 12. The van der Waals surface area contributed by atoms with Crippen LogP contribution in [0.2, 0.25) is 0 Å². The summed E-state index contributed by atoms with van der Waals surface area (Å²) in [5.41, 5.74) is 14.9. The normalized spacial score (nSPS) is 11.7. The molecule has 0 aliphatic heterocycles. The van der Waals surface area contributed by atoms with E-state index in [1.165, 1.54) is 131 Å². The van der Waals surface area contributed by atoms with Gasteiger partial charge in [-0.05, 0) is 170 Å². The van der Waals surface area contributed by atoms with Gasteiger partial charge in [-0.1, -0.05) is 194 Å². The minimum Gasteiger partial charge on any atom is -0.0616 e. The topological polar surface area (TPSA) is 0 Å². The van der Waals surface area contributed by atoms with E-state index in [2.05, 4.69) is 232 Å². The molecule has 0 radical (unpaired) electrons. The van der Waals surface area contributed by atoms with Crippen LogP contribution in [-0.4, -0.2) is 0 Å². The van der Waals surface area contributed by atoms with Crippen LogP contribution in [-0.2, 0) is 0 Å². The van der Waals surface area contributed by atoms with E-state index in [1.54, 1.807) is 0 Å². The lowest BCUT2D eigenvalue weighted by atomic mass is 9.90. The van der Waals surface area contributed by atoms with E-state index < -0.39 is 0 Å². The summed E-state index contributed by atoms with van der Waals surface area (Å²) in [7, 11) is 0. The highest BCUT2D eigenvalue weighted by Gasteiger charge is 2.14. The Labute approximate surface area is 362 Å². The maximum atomic E-state index is 2.38. The molecular weight excluding hydrogens is 745 g/mol. The zero-order valence-electron chi connectivity index (χ0n) is 34.8. The molecule has 0 nitrogen and oxygen atoms in total. The van der Waals surface area contributed by atoms with Gasteiger partial charge in [0.25, 0.3) is 0 Å². The summed E-state index contributed by atoms with van der Waals surface area (Å²) < 4.78 is 0. The summed E-state index contributed by atoms with van der Waals surface area (Å²) in [6, 6.07) is 81.1. The van der Waals surface area contributed by atoms with Crippen LogP contribution in [0.5, 0.6) is 0 Å². The third-order valence-corrected chi connectivity index (χ3v) is 13.4. The van der Waals surface area contributed by atoms with Gasteiger partial charge in [0.05, 0.1) is 0 Å². The van der Waals surface area contributed by atoms with Crippen molar-refractivity contribution in [3.05, 3.63) is 230 Å². The molecule has 0 N–H and O–H groups in total. The summed E-state index contributed by atoms with van der Waals surface area (Å²) in [6.45, 7) is 4.43. The van der Waals surface area contributed by atoms with E-state index >= 15 is 0 Å². The van der Waals surface area contributed by atoms with Crippen molar-refractivity contribution in [1.82, 2.24) is 0 Å². The molecule has 12 aromatic carbocycles. The second-order valence-corrected chi connectivity index (χ2v) is 16.9. The summed E-state index contributed by atoms with van der Waals surface area (Å²) >= 11 is 0. The quantitative estimate of drug-likeness (QED) is 0.152. The third-order valence-electron chi connectivity index (χ3n) is 13.4. The van der Waals surface area contributed by atoms with Crippen molar-refractivity contribution in [2.24, 2.45) is 0 Å². The molecule has 0 aromatic heterocycles. The highest BCUT2D eigenvalue weighted by Crippen LogP contribution is 2.40. The fourth-order valence-electron chi connectivity index (χ4n) is 10.1. The van der Waals surface area contributed by atoms with Crippen molar-refractivity contribution in [2.45, 2.75) is 13.8 Å². The van der Waals surface area contributed by atoms with Crippen LogP contribution < -0.4 is 0 Å². The SMILES string of the molecule is Cc1ccc(-c2ccc3c4ccccc4c4ccccc4c3c2)cc1-c1ccc(-c2ccc(-c3cc(-c4ccc5c6ccccc6c6ccccc6c5c4)ccc3C)cc2)cc1. The Morgan fingerprint density at radius 1 is 0.177 bits per heavy atom. The Morgan fingerprint density at radius 3 is 0.726 bits per heavy atom. The van der Waals surface area contributed by atoms with Crippen molar-refractivity contribution in [1.29, 1.82) is 0 Å². The molecule has 290 valence electrons. The van der Waals surface area contributed by atoms with Crippen molar-refractivity contribution >= 4 is 64.6 Å². The number of hydrogen-bond acceptors (Lipinski definition) is 0. The zero-order chi connectivity index (χ0) is 41.3. The average molecular weight is 787 g/mol. The molecule has 12 rings (SSSR count). The maximum Gasteiger partial charge on any atom is -0.00928 e. The van der Waals surface area contributed by atoms with E-state index in [1.807, 2.05) is 0 Å². The molecule has 0 unspecified atom stereocenters. The van der Waals surface area contributed by atoms with Crippen molar-refractivity contribution in [3.8, 4) is 55.6 Å². The van der Waals surface area contributed by atoms with Gasteiger partial charge in [0.1, 0.15) is 0 Å². The monoisotopic (exact) mass is 786 g/mol. The van der Waals surface area contributed by atoms with E-state index in [0.717, 1.165) is 0 Å². The molecule has 62 heavy (non-hydrogen) atoms. The Morgan fingerprint density at radius 2 is 0.403 bits per heavy atom. The van der Waals surface area contributed by atoms with Gasteiger partial charge in [0.15, 0.2) is 0 Å². The summed E-state index contributed by atoms with van der Waals surface area (Å²) in [6.07, 6.45) is 0. The third kappa shape index (κ3) is 5.91. The standard InChI is InChI=1S/C62H42/c1-39-19-21-45(47-31-33-57-53-15-5-3-11-49(53)51-13-7-9-17-55(51)61(57)37-47)35-59(39)43-27-23-41(24-28-43)42-25-29-44(30-26-42)60-36-46(22-20-40(60)2)48-32-34-58-54-16-6-4-12-50(54)52-14-8-10-18-56(52)62(58)38-48/h3-38H,1-2H3. The predicted octanol–water partition coefficient (Wildman–Crippen LogP) is 17.6. The van der Waals surface area contributed by atoms with Gasteiger partial charge < -0.3 is 0 Å². The summed E-state index contributed by atoms with van der Waals surface area (Å²) in [5, 5.41) is 15.6. The van der Waals surface area contributed by atoms with Crippen LogP contribution in [0.1, 0.15) is 11.1 Å². The molecule has 0 heterocycles. The van der Waals surface area contributed by atoms with Crippen LogP contribution >= 0.6 is 0 Å². The molecule has 0 atom stereocenters. The largest absolute Gasteiger partial charge is 0.0616 e. The Hall–Kier alpha value is -7.80. The van der Waals surface area contributed by atoms with Crippen LogP contribution in [0, 0.1) is 13.8 Å². The number of hydrogen-bond donors (Lipinski definition) is 0. The first-order valence-electron chi connectivity index (χ1n) is 21.7. The molecule has 0 aliphatic rings. The molecule has 0 aliphatic carbocycles. The Kier molecular flexibility index (Phi) is 8.40. The zero-order valence-corrected chi connectivity index (χ0v) is 34.8. The van der Waals surface area contributed by atoms with Gasteiger partial charge in [-0.15, -0.1) is 0 Å². The molecule has 0 amide bonds. The van der Waals surface area contributed by atoms with E-state index in [4.69, 9.17) is 0 Å². The second-order valence-electron chi connectivity index (χ2n) is 16.9. The van der Waals surface area contributed by atoms with Gasteiger partial charge >= 0.3 is 0 Å². The second kappa shape index (κ2) is 14.4. The number of benzene rings is 12. The smallest absolute Gasteiger partial charge is 0.00928 e. The van der Waals surface area contributed by atoms with Crippen molar-refractivity contribution < 1.29 is 0 Å². The van der Waals surface area contributed by atoms with E-state index in [-0.39, 0.29) is 0 Å². The fourth-order valence-corrected chi connectivity index (χ4v) is 10.1. The van der Waals surface area contributed by atoms with Gasteiger partial charge in [0, 0.05) is 0 Å². The molecule has 12 aromatic rings. The lowest BCUT2D eigenvalue weighted by molar-refractivity contribution is 1.45. The number of aryl methyl sites for hydroxylation is 2. The van der Waals surface area contributed by atoms with Crippen LogP contribution in [0.3, 0.4) is 0 Å². The molecule has 0 saturated carbocycles. The fraction of sp³-hybridized carbons (Fsp3) is 0.0323. The minimum atomic E-state index is 1.21. The highest BCUT2D eigenvalue weighted by molar-refractivity contribution is 6.27. The molecule has 0 spiro atoms. The molecule has 0 bridgehead atoms. The molecule has 0 fully saturated rings. The predicted molar refractivity (Wildman–Crippen MR) is 268 cm³/mol. The van der Waals surface area contributed by atoms with Crippen LogP contribution in [0.25, 0.3) is 120 Å². The first-order chi connectivity index (χ1) is 30.6. The first-order valence-corrected chi connectivity index (χ1v) is 21.7. The Bertz CT molecular complexity index is 3420. The van der Waals surface area contributed by atoms with Crippen LogP contribution in [0.15, 0.2) is 218 Å². The van der Waals surface area contributed by atoms with E-state index in [0.29, 0.717) is 0 Å². The average Bonchev–Trinajstić information content (AvgIpc) is 3.34. The lowest BCUT2D eigenvalue weighted by Gasteiger charge is -2.14. The summed E-state index contributed by atoms with van der Waals surface area (Å²) in [5.74, 6) is 0. The highest BCUT2D eigenvalue weighted by atomic mass is 14.2. The van der Waals surface area contributed by atoms with Gasteiger partial charge in [-0.3, -0.25) is 0 Å². The van der Waals surface area contributed by atoms with Gasteiger partial charge in [-0.2, -0.15) is 0 Å². The van der Waals surface area contributed by atoms with Crippen LogP contribution in [0.4, 0.5) is 0 Å². The van der Waals surface area contributed by atoms with Gasteiger partial charge in [-0.25, -0.2) is 0 Å². The van der Waals surface area contributed by atoms with Gasteiger partial charge in [0.2, 0.25) is 0 Å². The van der Waals surface area contributed by atoms with Crippen molar-refractivity contribution in [3.63, 3.8) is 0 Å². The molecular formula is C62H42. The Balaban J connectivity index is 0.841. The summed E-state index contributed by atoms with van der Waals surface area (Å²) in [4.78, 5) is 0. The molecule has 0 heteroatoms. The van der Waals surface area contributed by atoms with Crippen molar-refractivity contribution in [2.75, 3.05) is 0 Å². The maximum absolute atomic E-state index is 2.38. The minimum absolute atomic E-state index is 1.21.